The molecule has 0 bridgehead atoms. The van der Waals surface area contributed by atoms with Crippen molar-refractivity contribution in [2.75, 3.05) is 0 Å². The molecule has 1 aliphatic heterocycles. The predicted octanol–water partition coefficient (Wildman–Crippen LogP) is 0.693. The number of carbonyl (C=O) groups is 4. The summed E-state index contributed by atoms with van der Waals surface area (Å²) in [4.78, 5) is 42.5. The van der Waals surface area contributed by atoms with Crippen molar-refractivity contribution >= 4 is 23.8 Å². The van der Waals surface area contributed by atoms with Gasteiger partial charge in [-0.05, 0) is 38.0 Å². The van der Waals surface area contributed by atoms with Gasteiger partial charge in [-0.15, -0.1) is 0 Å². The SMILES string of the molecule is CCC1(C)CC(=O)NC1=O.CCCC(CCC)C(=O)O.CCCC(CCC)C(=O)[O-].[Na+]. The summed E-state index contributed by atoms with van der Waals surface area (Å²) >= 11 is 0. The minimum absolute atomic E-state index is 0. The molecule has 1 saturated heterocycles. The molecule has 1 unspecified atom stereocenters. The molecule has 2 amide bonds. The van der Waals surface area contributed by atoms with E-state index in [2.05, 4.69) is 5.32 Å². The molecule has 1 rings (SSSR count). The third-order valence-electron chi connectivity index (χ3n) is 5.36. The molecule has 0 aromatic carbocycles. The van der Waals surface area contributed by atoms with E-state index < -0.39 is 17.4 Å². The Morgan fingerprint density at radius 1 is 0.935 bits per heavy atom. The van der Waals surface area contributed by atoms with Crippen molar-refractivity contribution in [1.29, 1.82) is 0 Å². The average molecular weight is 452 g/mol. The number of amides is 2. The van der Waals surface area contributed by atoms with Crippen LogP contribution in [0, 0.1) is 17.3 Å². The molecule has 1 atom stereocenters. The number of rotatable bonds is 11. The topological polar surface area (TPSA) is 124 Å². The fourth-order valence-electron chi connectivity index (χ4n) is 3.21. The van der Waals surface area contributed by atoms with E-state index in [9.17, 15) is 24.3 Å². The number of hydrogen-bond acceptors (Lipinski definition) is 5. The molecule has 0 saturated carbocycles. The zero-order valence-corrected chi connectivity index (χ0v) is 22.7. The van der Waals surface area contributed by atoms with Gasteiger partial charge in [-0.1, -0.05) is 67.2 Å². The predicted molar refractivity (Wildman–Crippen MR) is 115 cm³/mol. The number of carbonyl (C=O) groups excluding carboxylic acids is 3. The summed E-state index contributed by atoms with van der Waals surface area (Å²) in [6.07, 6.45) is 8.04. The van der Waals surface area contributed by atoms with Crippen LogP contribution in [0.25, 0.3) is 0 Å². The van der Waals surface area contributed by atoms with Crippen molar-refractivity contribution in [2.24, 2.45) is 17.3 Å². The molecular weight excluding hydrogens is 409 g/mol. The smallest absolute Gasteiger partial charge is 0.550 e. The van der Waals surface area contributed by atoms with Crippen molar-refractivity contribution < 1.29 is 58.9 Å². The summed E-state index contributed by atoms with van der Waals surface area (Å²) in [5.74, 6) is -2.10. The number of hydrogen-bond donors (Lipinski definition) is 2. The Labute approximate surface area is 210 Å². The van der Waals surface area contributed by atoms with Gasteiger partial charge in [-0.3, -0.25) is 19.7 Å². The molecule has 176 valence electrons. The minimum Gasteiger partial charge on any atom is -0.550 e. The zero-order chi connectivity index (χ0) is 23.7. The molecular formula is C23H42NNaO6. The Morgan fingerprint density at radius 2 is 1.32 bits per heavy atom. The fourth-order valence-corrected chi connectivity index (χ4v) is 3.21. The van der Waals surface area contributed by atoms with Gasteiger partial charge in [0.15, 0.2) is 0 Å². The van der Waals surface area contributed by atoms with Crippen molar-refractivity contribution in [3.63, 3.8) is 0 Å². The van der Waals surface area contributed by atoms with Crippen LogP contribution in [0.3, 0.4) is 0 Å². The van der Waals surface area contributed by atoms with Gasteiger partial charge in [0.05, 0.1) is 11.3 Å². The Hall–Kier alpha value is -0.920. The van der Waals surface area contributed by atoms with E-state index in [-0.39, 0.29) is 53.2 Å². The Balaban J connectivity index is -0.000000373. The number of aliphatic carboxylic acids is 2. The van der Waals surface area contributed by atoms with Gasteiger partial charge in [0.2, 0.25) is 11.8 Å². The summed E-state index contributed by atoms with van der Waals surface area (Å²) in [6, 6.07) is 0. The van der Waals surface area contributed by atoms with Crippen LogP contribution in [0.15, 0.2) is 0 Å². The van der Waals surface area contributed by atoms with Crippen LogP contribution < -0.4 is 40.0 Å². The van der Waals surface area contributed by atoms with Gasteiger partial charge >= 0.3 is 35.5 Å². The quantitative estimate of drug-likeness (QED) is 0.352. The van der Waals surface area contributed by atoms with Gasteiger partial charge < -0.3 is 15.0 Å². The first-order valence-electron chi connectivity index (χ1n) is 11.3. The van der Waals surface area contributed by atoms with Crippen molar-refractivity contribution in [2.45, 2.75) is 106 Å². The van der Waals surface area contributed by atoms with E-state index in [0.29, 0.717) is 6.42 Å². The molecule has 1 fully saturated rings. The van der Waals surface area contributed by atoms with Gasteiger partial charge in [-0.2, -0.15) is 0 Å². The second-order valence-corrected chi connectivity index (χ2v) is 8.17. The molecule has 0 aromatic rings. The standard InChI is InChI=1S/2C8H16O2.C7H11NO2.Na/c2*1-3-5-7(6-4-2)8(9)10;1-3-7(2)4-5(9)8-6(7)10;/h2*7H,3-6H2,1-2H3,(H,9,10);3-4H2,1-2H3,(H,8,9,10);/q;;;+1/p-1. The number of carboxylic acid groups (broad SMARTS) is 2. The molecule has 7 nitrogen and oxygen atoms in total. The normalized spacial score (nSPS) is 17.2. The molecule has 0 aliphatic carbocycles. The Bertz CT molecular complexity index is 502. The third kappa shape index (κ3) is 15.5. The monoisotopic (exact) mass is 451 g/mol. The zero-order valence-electron chi connectivity index (χ0n) is 20.7. The second kappa shape index (κ2) is 19.7. The molecule has 2 N–H and O–H groups in total. The van der Waals surface area contributed by atoms with Gasteiger partial charge in [-0.25, -0.2) is 0 Å². The largest absolute Gasteiger partial charge is 1.00 e. The average Bonchev–Trinajstić information content (AvgIpc) is 2.94. The van der Waals surface area contributed by atoms with Gasteiger partial charge in [0, 0.05) is 12.4 Å². The van der Waals surface area contributed by atoms with E-state index in [4.69, 9.17) is 5.11 Å². The van der Waals surface area contributed by atoms with Crippen LogP contribution in [0.4, 0.5) is 0 Å². The summed E-state index contributed by atoms with van der Waals surface area (Å²) in [6.45, 7) is 11.7. The first kappa shape index (κ1) is 34.7. The summed E-state index contributed by atoms with van der Waals surface area (Å²) in [7, 11) is 0. The van der Waals surface area contributed by atoms with E-state index in [1.54, 1.807) is 0 Å². The van der Waals surface area contributed by atoms with E-state index in [1.165, 1.54) is 0 Å². The fraction of sp³-hybridized carbons (Fsp3) is 0.826. The van der Waals surface area contributed by atoms with Crippen LogP contribution >= 0.6 is 0 Å². The number of imide groups is 1. The number of nitrogens with one attached hydrogen (secondary N) is 1. The first-order chi connectivity index (χ1) is 14.0. The van der Waals surface area contributed by atoms with E-state index in [0.717, 1.165) is 57.8 Å². The molecule has 8 heteroatoms. The van der Waals surface area contributed by atoms with Crippen molar-refractivity contribution in [1.82, 2.24) is 5.32 Å². The first-order valence-corrected chi connectivity index (χ1v) is 11.3. The van der Waals surface area contributed by atoms with Gasteiger partial charge in [0.1, 0.15) is 0 Å². The van der Waals surface area contributed by atoms with Crippen LogP contribution in [0.5, 0.6) is 0 Å². The van der Waals surface area contributed by atoms with Crippen molar-refractivity contribution in [3.8, 4) is 0 Å². The summed E-state index contributed by atoms with van der Waals surface area (Å²) < 4.78 is 0. The molecule has 0 radical (unpaired) electrons. The van der Waals surface area contributed by atoms with Crippen molar-refractivity contribution in [3.05, 3.63) is 0 Å². The van der Waals surface area contributed by atoms with Crippen LogP contribution in [-0.2, 0) is 19.2 Å². The summed E-state index contributed by atoms with van der Waals surface area (Å²) in [5.41, 5.74) is -0.433. The Morgan fingerprint density at radius 3 is 1.52 bits per heavy atom. The maximum atomic E-state index is 11.0. The van der Waals surface area contributed by atoms with Crippen LogP contribution in [0.1, 0.15) is 106 Å². The van der Waals surface area contributed by atoms with Crippen LogP contribution in [-0.4, -0.2) is 28.9 Å². The van der Waals surface area contributed by atoms with E-state index >= 15 is 0 Å². The van der Waals surface area contributed by atoms with Crippen LogP contribution in [0.2, 0.25) is 0 Å². The molecule has 0 aromatic heterocycles. The molecule has 1 aliphatic rings. The Kier molecular flexibility index (Phi) is 22.1. The maximum absolute atomic E-state index is 11.0. The molecule has 31 heavy (non-hydrogen) atoms. The maximum Gasteiger partial charge on any atom is 1.00 e. The third-order valence-corrected chi connectivity index (χ3v) is 5.36. The summed E-state index contributed by atoms with van der Waals surface area (Å²) in [5, 5.41) is 21.3. The second-order valence-electron chi connectivity index (χ2n) is 8.17. The van der Waals surface area contributed by atoms with Gasteiger partial charge in [0.25, 0.3) is 0 Å². The minimum atomic E-state index is -0.885. The molecule has 0 spiro atoms. The molecule has 1 heterocycles. The van der Waals surface area contributed by atoms with E-state index in [1.807, 2.05) is 41.5 Å². The number of carboxylic acids is 2.